The minimum absolute atomic E-state index is 0.132. The van der Waals surface area contributed by atoms with Crippen LogP contribution in [-0.2, 0) is 9.53 Å². The lowest BCUT2D eigenvalue weighted by molar-refractivity contribution is -0.135. The molecule has 1 amide bonds. The Balaban J connectivity index is 1.37. The highest BCUT2D eigenvalue weighted by Crippen LogP contribution is 2.47. The van der Waals surface area contributed by atoms with E-state index < -0.39 is 6.10 Å². The lowest BCUT2D eigenvalue weighted by atomic mass is 9.89. The van der Waals surface area contributed by atoms with Crippen molar-refractivity contribution in [1.82, 2.24) is 10.2 Å². The van der Waals surface area contributed by atoms with Gasteiger partial charge in [0.25, 0.3) is 0 Å². The fourth-order valence-corrected chi connectivity index (χ4v) is 5.11. The fourth-order valence-electron chi connectivity index (χ4n) is 5.11. The quantitative estimate of drug-likeness (QED) is 0.353. The average molecular weight is 421 g/mol. The van der Waals surface area contributed by atoms with Crippen molar-refractivity contribution in [1.29, 1.82) is 0 Å². The van der Waals surface area contributed by atoms with Gasteiger partial charge in [-0.25, -0.2) is 0 Å². The molecule has 1 saturated carbocycles. The number of nitrogens with zero attached hydrogens (tertiary/aromatic N) is 1. The van der Waals surface area contributed by atoms with Crippen molar-refractivity contribution >= 4 is 5.91 Å². The molecule has 3 aliphatic rings. The SMILES string of the molecule is CCCCC[C@H](O)/C=C/[C@@H]1[C@H]2CC(CNCCC(=O)N3CCOCC3)=C[C@H]2C[C@H]1O. The van der Waals surface area contributed by atoms with Crippen LogP contribution in [0, 0.1) is 17.8 Å². The first-order valence-corrected chi connectivity index (χ1v) is 11.9. The molecular formula is C24H40N2O4. The van der Waals surface area contributed by atoms with Gasteiger partial charge in [-0.2, -0.15) is 0 Å². The molecule has 5 atom stereocenters. The molecule has 0 bridgehead atoms. The summed E-state index contributed by atoms with van der Waals surface area (Å²) in [7, 11) is 0. The topological polar surface area (TPSA) is 82.0 Å². The Morgan fingerprint density at radius 1 is 1.37 bits per heavy atom. The van der Waals surface area contributed by atoms with E-state index in [1.807, 2.05) is 11.0 Å². The van der Waals surface area contributed by atoms with E-state index in [4.69, 9.17) is 4.74 Å². The van der Waals surface area contributed by atoms with E-state index in [1.165, 1.54) is 5.57 Å². The van der Waals surface area contributed by atoms with Gasteiger partial charge in [0.15, 0.2) is 0 Å². The highest BCUT2D eigenvalue weighted by molar-refractivity contribution is 5.76. The van der Waals surface area contributed by atoms with Crippen LogP contribution >= 0.6 is 0 Å². The third kappa shape index (κ3) is 6.64. The van der Waals surface area contributed by atoms with E-state index in [9.17, 15) is 15.0 Å². The van der Waals surface area contributed by atoms with Crippen molar-refractivity contribution < 1.29 is 19.7 Å². The van der Waals surface area contributed by atoms with Gasteiger partial charge in [-0.1, -0.05) is 50.0 Å². The molecule has 0 spiro atoms. The van der Waals surface area contributed by atoms with Gasteiger partial charge in [0.1, 0.15) is 0 Å². The molecule has 0 aromatic rings. The second-order valence-electron chi connectivity index (χ2n) is 9.11. The minimum Gasteiger partial charge on any atom is -0.392 e. The predicted octanol–water partition coefficient (Wildman–Crippen LogP) is 2.27. The first kappa shape index (κ1) is 23.5. The van der Waals surface area contributed by atoms with Crippen LogP contribution in [0.15, 0.2) is 23.8 Å². The van der Waals surface area contributed by atoms with Gasteiger partial charge < -0.3 is 25.2 Å². The molecular weight excluding hydrogens is 380 g/mol. The number of nitrogens with one attached hydrogen (secondary N) is 1. The molecule has 6 heteroatoms. The van der Waals surface area contributed by atoms with Crippen LogP contribution in [-0.4, -0.2) is 72.6 Å². The molecule has 1 aliphatic heterocycles. The predicted molar refractivity (Wildman–Crippen MR) is 118 cm³/mol. The molecule has 2 aliphatic carbocycles. The number of fused-ring (bicyclic) bond motifs is 1. The molecule has 3 N–H and O–H groups in total. The van der Waals surface area contributed by atoms with Gasteiger partial charge in [0.2, 0.25) is 5.91 Å². The van der Waals surface area contributed by atoms with Crippen LogP contribution in [0.4, 0.5) is 0 Å². The Hall–Kier alpha value is -1.21. The smallest absolute Gasteiger partial charge is 0.224 e. The maximum atomic E-state index is 12.2. The van der Waals surface area contributed by atoms with E-state index >= 15 is 0 Å². The summed E-state index contributed by atoms with van der Waals surface area (Å²) in [5.41, 5.74) is 1.39. The molecule has 2 fully saturated rings. The number of amides is 1. The summed E-state index contributed by atoms with van der Waals surface area (Å²) < 4.78 is 5.29. The largest absolute Gasteiger partial charge is 0.392 e. The Kier molecular flexibility index (Phi) is 9.37. The number of carbonyl (C=O) groups is 1. The summed E-state index contributed by atoms with van der Waals surface area (Å²) in [6.07, 6.45) is 12.1. The minimum atomic E-state index is -0.401. The molecule has 0 aromatic heterocycles. The number of unbranched alkanes of at least 4 members (excludes halogenated alkanes) is 2. The van der Waals surface area contributed by atoms with E-state index in [1.54, 1.807) is 0 Å². The van der Waals surface area contributed by atoms with Crippen LogP contribution in [0.1, 0.15) is 51.9 Å². The summed E-state index contributed by atoms with van der Waals surface area (Å²) in [5.74, 6) is 1.20. The third-order valence-corrected chi connectivity index (χ3v) is 6.84. The zero-order valence-corrected chi connectivity index (χ0v) is 18.5. The van der Waals surface area contributed by atoms with Crippen LogP contribution in [0.2, 0.25) is 0 Å². The summed E-state index contributed by atoms with van der Waals surface area (Å²) in [5, 5.41) is 24.1. The molecule has 0 radical (unpaired) electrons. The van der Waals surface area contributed by atoms with Gasteiger partial charge in [-0.05, 0) is 31.1 Å². The van der Waals surface area contributed by atoms with Crippen molar-refractivity contribution in [2.24, 2.45) is 17.8 Å². The fraction of sp³-hybridized carbons (Fsp3) is 0.792. The molecule has 3 rings (SSSR count). The van der Waals surface area contributed by atoms with Crippen molar-refractivity contribution in [3.8, 4) is 0 Å². The van der Waals surface area contributed by atoms with Gasteiger partial charge >= 0.3 is 0 Å². The lowest BCUT2D eigenvalue weighted by Crippen LogP contribution is -2.41. The molecule has 0 aromatic carbocycles. The number of hydrogen-bond acceptors (Lipinski definition) is 5. The normalized spacial score (nSPS) is 30.0. The first-order chi connectivity index (χ1) is 14.6. The van der Waals surface area contributed by atoms with Gasteiger partial charge in [0.05, 0.1) is 25.4 Å². The van der Waals surface area contributed by atoms with Crippen molar-refractivity contribution in [3.05, 3.63) is 23.8 Å². The molecule has 0 unspecified atom stereocenters. The molecule has 170 valence electrons. The van der Waals surface area contributed by atoms with Gasteiger partial charge in [-0.3, -0.25) is 4.79 Å². The van der Waals surface area contributed by atoms with E-state index in [0.717, 1.165) is 45.1 Å². The van der Waals surface area contributed by atoms with Gasteiger partial charge in [0, 0.05) is 38.5 Å². The van der Waals surface area contributed by atoms with Crippen LogP contribution in [0.3, 0.4) is 0 Å². The number of carbonyl (C=O) groups excluding carboxylic acids is 1. The number of rotatable bonds is 11. The van der Waals surface area contributed by atoms with E-state index in [0.29, 0.717) is 51.1 Å². The van der Waals surface area contributed by atoms with E-state index in [-0.39, 0.29) is 17.9 Å². The van der Waals surface area contributed by atoms with E-state index in [2.05, 4.69) is 24.4 Å². The van der Waals surface area contributed by atoms with Crippen LogP contribution < -0.4 is 5.32 Å². The molecule has 1 saturated heterocycles. The molecule has 1 heterocycles. The highest BCUT2D eigenvalue weighted by Gasteiger charge is 2.43. The van der Waals surface area contributed by atoms with Crippen molar-refractivity contribution in [2.75, 3.05) is 39.4 Å². The Labute approximate surface area is 181 Å². The summed E-state index contributed by atoms with van der Waals surface area (Å²) >= 11 is 0. The third-order valence-electron chi connectivity index (χ3n) is 6.84. The number of allylic oxidation sites excluding steroid dienone is 1. The monoisotopic (exact) mass is 420 g/mol. The van der Waals surface area contributed by atoms with Crippen molar-refractivity contribution in [3.63, 3.8) is 0 Å². The number of aliphatic hydroxyl groups excluding tert-OH is 2. The average Bonchev–Trinajstić information content (AvgIpc) is 3.26. The summed E-state index contributed by atoms with van der Waals surface area (Å²) in [4.78, 5) is 14.1. The highest BCUT2D eigenvalue weighted by atomic mass is 16.5. The molecule has 30 heavy (non-hydrogen) atoms. The molecule has 6 nitrogen and oxygen atoms in total. The lowest BCUT2D eigenvalue weighted by Gasteiger charge is -2.26. The number of morpholine rings is 1. The zero-order valence-electron chi connectivity index (χ0n) is 18.5. The first-order valence-electron chi connectivity index (χ1n) is 11.9. The van der Waals surface area contributed by atoms with Crippen molar-refractivity contribution in [2.45, 2.75) is 64.1 Å². The summed E-state index contributed by atoms with van der Waals surface area (Å²) in [6, 6.07) is 0. The van der Waals surface area contributed by atoms with Gasteiger partial charge in [-0.15, -0.1) is 0 Å². The number of aliphatic hydroxyl groups is 2. The second kappa shape index (κ2) is 12.0. The Morgan fingerprint density at radius 2 is 2.17 bits per heavy atom. The Bertz CT molecular complexity index is 600. The summed E-state index contributed by atoms with van der Waals surface area (Å²) in [6.45, 7) is 6.38. The Morgan fingerprint density at radius 3 is 2.93 bits per heavy atom. The standard InChI is InChI=1S/C24H40N2O4/c1-2-3-4-5-20(27)6-7-21-22-15-18(14-19(22)16-23(21)28)17-25-9-8-24(29)26-10-12-30-13-11-26/h6-7,14,19-23,25,27-28H,2-5,8-13,15-17H2,1H3/b7-6+/t19-,20-,21+,22-,23+/m0/s1. The maximum absolute atomic E-state index is 12.2. The number of hydrogen-bond donors (Lipinski definition) is 3. The van der Waals surface area contributed by atoms with Crippen LogP contribution in [0.5, 0.6) is 0 Å². The number of ether oxygens (including phenoxy) is 1. The second-order valence-corrected chi connectivity index (χ2v) is 9.11. The van der Waals surface area contributed by atoms with Crippen LogP contribution in [0.25, 0.3) is 0 Å². The zero-order chi connectivity index (χ0) is 21.3. The maximum Gasteiger partial charge on any atom is 0.224 e.